The quantitative estimate of drug-likeness (QED) is 0.933. The van der Waals surface area contributed by atoms with Gasteiger partial charge in [-0.1, -0.05) is 36.8 Å². The summed E-state index contributed by atoms with van der Waals surface area (Å²) in [7, 11) is 0. The summed E-state index contributed by atoms with van der Waals surface area (Å²) in [5.74, 6) is 1.62. The monoisotopic (exact) mass is 332 g/mol. The van der Waals surface area contributed by atoms with Crippen LogP contribution in [-0.2, 0) is 6.54 Å². The molecule has 2 N–H and O–H groups in total. The van der Waals surface area contributed by atoms with E-state index in [2.05, 4.69) is 48.0 Å². The first-order valence-electron chi connectivity index (χ1n) is 8.05. The lowest BCUT2D eigenvalue weighted by Crippen LogP contribution is -2.34. The van der Waals surface area contributed by atoms with Crippen LogP contribution in [0, 0.1) is 12.8 Å². The first-order valence-corrected chi connectivity index (χ1v) is 8.05. The molecule has 5 heteroatoms. The molecule has 1 saturated heterocycles. The van der Waals surface area contributed by atoms with E-state index in [1.165, 1.54) is 18.4 Å². The molecule has 1 fully saturated rings. The van der Waals surface area contributed by atoms with Gasteiger partial charge in [0.2, 0.25) is 5.95 Å². The summed E-state index contributed by atoms with van der Waals surface area (Å²) in [6.07, 6.45) is 2.41. The highest BCUT2D eigenvalue weighted by atomic mass is 35.5. The van der Waals surface area contributed by atoms with Gasteiger partial charge in [-0.05, 0) is 31.7 Å². The molecule has 0 saturated carbocycles. The molecular weight excluding hydrogens is 308 g/mol. The highest BCUT2D eigenvalue weighted by Crippen LogP contribution is 2.24. The lowest BCUT2D eigenvalue weighted by Gasteiger charge is -2.30. The highest BCUT2D eigenvalue weighted by molar-refractivity contribution is 5.85. The molecular formula is C18H25ClN4. The standard InChI is InChI=1S/C18H24N4.ClH/c1-13-3-5-15(6-4-13)17-11-16(12-19)20-18(21-17)22-9-7-14(2)8-10-22;/h3-6,11,14H,7-10,12,19H2,1-2H3;1H. The third-order valence-electron chi connectivity index (χ3n) is 4.39. The van der Waals surface area contributed by atoms with Gasteiger partial charge in [0.05, 0.1) is 11.4 Å². The second-order valence-corrected chi connectivity index (χ2v) is 6.28. The van der Waals surface area contributed by atoms with Crippen molar-refractivity contribution in [1.29, 1.82) is 0 Å². The SMILES string of the molecule is Cc1ccc(-c2cc(CN)nc(N3CCC(C)CC3)n2)cc1.Cl. The normalized spacial score (nSPS) is 15.3. The van der Waals surface area contributed by atoms with Crippen molar-refractivity contribution in [1.82, 2.24) is 9.97 Å². The molecule has 0 atom stereocenters. The molecule has 124 valence electrons. The number of rotatable bonds is 3. The third kappa shape index (κ3) is 4.21. The van der Waals surface area contributed by atoms with Crippen LogP contribution in [0.3, 0.4) is 0 Å². The fourth-order valence-electron chi connectivity index (χ4n) is 2.81. The summed E-state index contributed by atoms with van der Waals surface area (Å²) in [4.78, 5) is 11.7. The molecule has 0 spiro atoms. The molecule has 2 heterocycles. The first-order chi connectivity index (χ1) is 10.7. The molecule has 4 nitrogen and oxygen atoms in total. The summed E-state index contributed by atoms with van der Waals surface area (Å²) >= 11 is 0. The van der Waals surface area contributed by atoms with Crippen LogP contribution in [0.15, 0.2) is 30.3 Å². The van der Waals surface area contributed by atoms with Gasteiger partial charge in [-0.3, -0.25) is 0 Å². The van der Waals surface area contributed by atoms with Gasteiger partial charge in [0.1, 0.15) is 0 Å². The maximum absolute atomic E-state index is 5.83. The van der Waals surface area contributed by atoms with Crippen molar-refractivity contribution < 1.29 is 0 Å². The fourth-order valence-corrected chi connectivity index (χ4v) is 2.81. The fraction of sp³-hybridized carbons (Fsp3) is 0.444. The Hall–Kier alpha value is -1.65. The number of hydrogen-bond acceptors (Lipinski definition) is 4. The number of piperidine rings is 1. The van der Waals surface area contributed by atoms with Gasteiger partial charge < -0.3 is 10.6 Å². The zero-order valence-electron chi connectivity index (χ0n) is 13.8. The van der Waals surface area contributed by atoms with Crippen molar-refractivity contribution >= 4 is 18.4 Å². The molecule has 1 aliphatic heterocycles. The number of anilines is 1. The molecule has 23 heavy (non-hydrogen) atoms. The number of aryl methyl sites for hydroxylation is 1. The minimum atomic E-state index is 0. The van der Waals surface area contributed by atoms with Crippen LogP contribution >= 0.6 is 12.4 Å². The minimum absolute atomic E-state index is 0. The van der Waals surface area contributed by atoms with Crippen molar-refractivity contribution in [3.63, 3.8) is 0 Å². The van der Waals surface area contributed by atoms with Crippen LogP contribution in [0.4, 0.5) is 5.95 Å². The Morgan fingerprint density at radius 3 is 2.39 bits per heavy atom. The Labute approximate surface area is 144 Å². The Morgan fingerprint density at radius 1 is 1.13 bits per heavy atom. The van der Waals surface area contributed by atoms with Crippen LogP contribution in [-0.4, -0.2) is 23.1 Å². The topological polar surface area (TPSA) is 55.0 Å². The summed E-state index contributed by atoms with van der Waals surface area (Å²) in [5, 5.41) is 0. The Bertz CT molecular complexity index is 634. The van der Waals surface area contributed by atoms with Gasteiger partial charge in [0, 0.05) is 25.2 Å². The van der Waals surface area contributed by atoms with Gasteiger partial charge in [-0.15, -0.1) is 12.4 Å². The third-order valence-corrected chi connectivity index (χ3v) is 4.39. The molecule has 1 aromatic carbocycles. The lowest BCUT2D eigenvalue weighted by molar-refractivity contribution is 0.434. The van der Waals surface area contributed by atoms with Gasteiger partial charge in [0.25, 0.3) is 0 Å². The Balaban J connectivity index is 0.00000192. The van der Waals surface area contributed by atoms with E-state index in [-0.39, 0.29) is 12.4 Å². The largest absolute Gasteiger partial charge is 0.341 e. The van der Waals surface area contributed by atoms with Crippen LogP contribution in [0.5, 0.6) is 0 Å². The molecule has 0 unspecified atom stereocenters. The summed E-state index contributed by atoms with van der Waals surface area (Å²) in [6, 6.07) is 10.4. The minimum Gasteiger partial charge on any atom is -0.341 e. The van der Waals surface area contributed by atoms with E-state index in [0.717, 1.165) is 41.9 Å². The zero-order chi connectivity index (χ0) is 15.5. The second kappa shape index (κ2) is 7.75. The molecule has 0 amide bonds. The van der Waals surface area contributed by atoms with Crippen LogP contribution in [0.2, 0.25) is 0 Å². The van der Waals surface area contributed by atoms with E-state index in [9.17, 15) is 0 Å². The van der Waals surface area contributed by atoms with Crippen LogP contribution in [0.1, 0.15) is 31.0 Å². The molecule has 0 aliphatic carbocycles. The van der Waals surface area contributed by atoms with E-state index in [4.69, 9.17) is 10.7 Å². The number of benzene rings is 1. The molecule has 1 aromatic heterocycles. The van der Waals surface area contributed by atoms with E-state index in [1.807, 2.05) is 6.07 Å². The number of nitrogens with two attached hydrogens (primary N) is 1. The molecule has 0 radical (unpaired) electrons. The van der Waals surface area contributed by atoms with Crippen LogP contribution < -0.4 is 10.6 Å². The lowest BCUT2D eigenvalue weighted by atomic mass is 9.99. The van der Waals surface area contributed by atoms with E-state index in [0.29, 0.717) is 6.54 Å². The summed E-state index contributed by atoms with van der Waals surface area (Å²) < 4.78 is 0. The molecule has 2 aromatic rings. The molecule has 3 rings (SSSR count). The van der Waals surface area contributed by atoms with E-state index < -0.39 is 0 Å². The van der Waals surface area contributed by atoms with Crippen molar-refractivity contribution in [2.45, 2.75) is 33.2 Å². The van der Waals surface area contributed by atoms with Crippen molar-refractivity contribution in [3.05, 3.63) is 41.6 Å². The Kier molecular flexibility index (Phi) is 5.97. The maximum atomic E-state index is 5.83. The van der Waals surface area contributed by atoms with E-state index in [1.54, 1.807) is 0 Å². The number of aromatic nitrogens is 2. The predicted octanol–water partition coefficient (Wildman–Crippen LogP) is 3.57. The van der Waals surface area contributed by atoms with Gasteiger partial charge >= 0.3 is 0 Å². The van der Waals surface area contributed by atoms with Crippen molar-refractivity contribution in [3.8, 4) is 11.3 Å². The van der Waals surface area contributed by atoms with Gasteiger partial charge in [0.15, 0.2) is 0 Å². The van der Waals surface area contributed by atoms with Gasteiger partial charge in [-0.25, -0.2) is 9.97 Å². The number of halogens is 1. The van der Waals surface area contributed by atoms with Gasteiger partial charge in [-0.2, -0.15) is 0 Å². The summed E-state index contributed by atoms with van der Waals surface area (Å²) in [5.41, 5.74) is 10.1. The highest BCUT2D eigenvalue weighted by Gasteiger charge is 2.19. The smallest absolute Gasteiger partial charge is 0.226 e. The number of nitrogens with zero attached hydrogens (tertiary/aromatic N) is 3. The first kappa shape index (κ1) is 17.7. The zero-order valence-corrected chi connectivity index (χ0v) is 14.6. The summed E-state index contributed by atoms with van der Waals surface area (Å²) in [6.45, 7) is 6.91. The predicted molar refractivity (Wildman–Crippen MR) is 98.0 cm³/mol. The average molecular weight is 333 g/mol. The Morgan fingerprint density at radius 2 is 1.78 bits per heavy atom. The second-order valence-electron chi connectivity index (χ2n) is 6.28. The van der Waals surface area contributed by atoms with E-state index >= 15 is 0 Å². The maximum Gasteiger partial charge on any atom is 0.226 e. The number of hydrogen-bond donors (Lipinski definition) is 1. The van der Waals surface area contributed by atoms with Crippen molar-refractivity contribution in [2.24, 2.45) is 11.7 Å². The van der Waals surface area contributed by atoms with Crippen LogP contribution in [0.25, 0.3) is 11.3 Å². The average Bonchev–Trinajstić information content (AvgIpc) is 2.55. The molecule has 1 aliphatic rings. The molecule has 0 bridgehead atoms. The van der Waals surface area contributed by atoms with Crippen molar-refractivity contribution in [2.75, 3.05) is 18.0 Å².